The third-order valence-electron chi connectivity index (χ3n) is 3.42. The first-order valence-electron chi connectivity index (χ1n) is 7.00. The first-order valence-corrected chi connectivity index (χ1v) is 7.00. The van der Waals surface area contributed by atoms with Crippen molar-refractivity contribution in [1.82, 2.24) is 9.97 Å². The number of benzene rings is 2. The Morgan fingerprint density at radius 3 is 2.48 bits per heavy atom. The van der Waals surface area contributed by atoms with Crippen LogP contribution in [0.4, 0.5) is 11.5 Å². The highest BCUT2D eigenvalue weighted by Gasteiger charge is 2.04. The van der Waals surface area contributed by atoms with Crippen LogP contribution in [-0.4, -0.2) is 17.0 Å². The predicted octanol–water partition coefficient (Wildman–Crippen LogP) is 3.59. The predicted molar refractivity (Wildman–Crippen MR) is 87.6 cm³/mol. The van der Waals surface area contributed by atoms with Crippen LogP contribution in [0.1, 0.15) is 11.4 Å². The topological polar surface area (TPSA) is 49.8 Å². The van der Waals surface area contributed by atoms with E-state index in [0.717, 1.165) is 34.8 Å². The van der Waals surface area contributed by atoms with Crippen molar-refractivity contribution in [3.8, 4) is 0 Å². The van der Waals surface area contributed by atoms with Gasteiger partial charge in [-0.1, -0.05) is 24.3 Å². The van der Waals surface area contributed by atoms with Gasteiger partial charge in [0.1, 0.15) is 11.6 Å². The van der Waals surface area contributed by atoms with Crippen molar-refractivity contribution in [2.45, 2.75) is 13.5 Å². The number of hydrogen-bond acceptors (Lipinski definition) is 4. The minimum absolute atomic E-state index is 0.741. The molecule has 0 spiro atoms. The van der Waals surface area contributed by atoms with Gasteiger partial charge in [-0.3, -0.25) is 0 Å². The summed E-state index contributed by atoms with van der Waals surface area (Å²) < 4.78 is 0. The second-order valence-electron chi connectivity index (χ2n) is 4.94. The average molecular weight is 278 g/mol. The van der Waals surface area contributed by atoms with Gasteiger partial charge in [-0.2, -0.15) is 0 Å². The molecule has 3 aromatic rings. The van der Waals surface area contributed by atoms with Gasteiger partial charge in [0.05, 0.1) is 5.52 Å². The minimum Gasteiger partial charge on any atom is -0.388 e. The Balaban J connectivity index is 1.84. The third-order valence-corrected chi connectivity index (χ3v) is 3.42. The number of rotatable bonds is 4. The lowest BCUT2D eigenvalue weighted by Crippen LogP contribution is -2.04. The number of fused-ring (bicyclic) bond motifs is 1. The second kappa shape index (κ2) is 5.79. The van der Waals surface area contributed by atoms with Crippen LogP contribution in [0.5, 0.6) is 0 Å². The largest absolute Gasteiger partial charge is 0.388 e. The minimum atomic E-state index is 0.741. The van der Waals surface area contributed by atoms with Crippen molar-refractivity contribution in [2.24, 2.45) is 0 Å². The van der Waals surface area contributed by atoms with E-state index in [-0.39, 0.29) is 0 Å². The Labute approximate surface area is 124 Å². The molecular formula is C17H18N4. The third kappa shape index (κ3) is 2.94. The van der Waals surface area contributed by atoms with Gasteiger partial charge in [0.25, 0.3) is 0 Å². The van der Waals surface area contributed by atoms with Crippen molar-refractivity contribution >= 4 is 22.4 Å². The molecule has 4 heteroatoms. The maximum Gasteiger partial charge on any atom is 0.137 e. The number of aryl methyl sites for hydroxylation is 1. The molecule has 1 aromatic heterocycles. The molecule has 0 unspecified atom stereocenters. The van der Waals surface area contributed by atoms with Crippen molar-refractivity contribution in [3.05, 3.63) is 59.9 Å². The van der Waals surface area contributed by atoms with Crippen LogP contribution in [0.2, 0.25) is 0 Å². The summed E-state index contributed by atoms with van der Waals surface area (Å²) in [4.78, 5) is 8.97. The molecule has 0 fully saturated rings. The number of para-hydroxylation sites is 1. The first kappa shape index (κ1) is 13.4. The lowest BCUT2D eigenvalue weighted by atomic mass is 10.2. The molecule has 0 aliphatic heterocycles. The maximum absolute atomic E-state index is 4.52. The monoisotopic (exact) mass is 278 g/mol. The molecule has 4 nitrogen and oxygen atoms in total. The quantitative estimate of drug-likeness (QED) is 0.765. The zero-order valence-corrected chi connectivity index (χ0v) is 12.2. The fraction of sp³-hybridized carbons (Fsp3) is 0.176. The van der Waals surface area contributed by atoms with Gasteiger partial charge in [0.15, 0.2) is 0 Å². The molecule has 0 amide bonds. The van der Waals surface area contributed by atoms with Gasteiger partial charge in [0.2, 0.25) is 0 Å². The maximum atomic E-state index is 4.52. The molecule has 0 saturated heterocycles. The van der Waals surface area contributed by atoms with Crippen LogP contribution < -0.4 is 10.6 Å². The SMILES string of the molecule is CNc1ccc(CNc2nc(C)nc3ccccc23)cc1. The van der Waals surface area contributed by atoms with E-state index < -0.39 is 0 Å². The van der Waals surface area contributed by atoms with E-state index in [1.165, 1.54) is 5.56 Å². The zero-order valence-electron chi connectivity index (χ0n) is 12.2. The standard InChI is InChI=1S/C17H18N4/c1-12-20-16-6-4-3-5-15(16)17(21-12)19-11-13-7-9-14(18-2)10-8-13/h3-10,18H,11H2,1-2H3,(H,19,20,21). The first-order chi connectivity index (χ1) is 10.3. The highest BCUT2D eigenvalue weighted by molar-refractivity contribution is 5.88. The van der Waals surface area contributed by atoms with Crippen molar-refractivity contribution < 1.29 is 0 Å². The number of nitrogens with zero attached hydrogens (tertiary/aromatic N) is 2. The fourth-order valence-corrected chi connectivity index (χ4v) is 2.30. The Morgan fingerprint density at radius 2 is 1.71 bits per heavy atom. The molecule has 0 aliphatic carbocycles. The Kier molecular flexibility index (Phi) is 3.69. The van der Waals surface area contributed by atoms with Crippen molar-refractivity contribution in [2.75, 3.05) is 17.7 Å². The van der Waals surface area contributed by atoms with Gasteiger partial charge in [-0.15, -0.1) is 0 Å². The van der Waals surface area contributed by atoms with E-state index in [1.807, 2.05) is 38.2 Å². The molecule has 0 aliphatic rings. The summed E-state index contributed by atoms with van der Waals surface area (Å²) in [6, 6.07) is 16.4. The van der Waals surface area contributed by atoms with Crippen molar-refractivity contribution in [1.29, 1.82) is 0 Å². The Bertz CT molecular complexity index is 750. The van der Waals surface area contributed by atoms with Crippen LogP contribution in [0, 0.1) is 6.92 Å². The van der Waals surface area contributed by atoms with Crippen LogP contribution in [0.3, 0.4) is 0 Å². The molecule has 0 radical (unpaired) electrons. The molecule has 2 N–H and O–H groups in total. The van der Waals surface area contributed by atoms with Crippen molar-refractivity contribution in [3.63, 3.8) is 0 Å². The molecule has 2 aromatic carbocycles. The number of hydrogen-bond donors (Lipinski definition) is 2. The van der Waals surface area contributed by atoms with Gasteiger partial charge in [-0.05, 0) is 36.8 Å². The molecule has 21 heavy (non-hydrogen) atoms. The lowest BCUT2D eigenvalue weighted by molar-refractivity contribution is 1.05. The number of nitrogens with one attached hydrogen (secondary N) is 2. The molecule has 3 rings (SSSR count). The van der Waals surface area contributed by atoms with Crippen LogP contribution >= 0.6 is 0 Å². The summed E-state index contributed by atoms with van der Waals surface area (Å²) in [5.41, 5.74) is 3.30. The van der Waals surface area contributed by atoms with Gasteiger partial charge in [-0.25, -0.2) is 9.97 Å². The van der Waals surface area contributed by atoms with E-state index in [2.05, 4.69) is 44.9 Å². The summed E-state index contributed by atoms with van der Waals surface area (Å²) in [5.74, 6) is 1.66. The van der Waals surface area contributed by atoms with E-state index in [4.69, 9.17) is 0 Å². The van der Waals surface area contributed by atoms with Gasteiger partial charge >= 0.3 is 0 Å². The Hall–Kier alpha value is -2.62. The average Bonchev–Trinajstić information content (AvgIpc) is 2.53. The van der Waals surface area contributed by atoms with Crippen LogP contribution in [0.15, 0.2) is 48.5 Å². The fourth-order valence-electron chi connectivity index (χ4n) is 2.30. The van der Waals surface area contributed by atoms with E-state index in [1.54, 1.807) is 0 Å². The molecular weight excluding hydrogens is 260 g/mol. The van der Waals surface area contributed by atoms with Gasteiger partial charge < -0.3 is 10.6 Å². The summed E-state index contributed by atoms with van der Waals surface area (Å²) >= 11 is 0. The van der Waals surface area contributed by atoms with Gasteiger partial charge in [0, 0.05) is 24.7 Å². The summed E-state index contributed by atoms with van der Waals surface area (Å²) in [6.07, 6.45) is 0. The molecule has 106 valence electrons. The highest BCUT2D eigenvalue weighted by Crippen LogP contribution is 2.20. The number of aromatic nitrogens is 2. The van der Waals surface area contributed by atoms with E-state index >= 15 is 0 Å². The zero-order chi connectivity index (χ0) is 14.7. The number of anilines is 2. The Morgan fingerprint density at radius 1 is 0.952 bits per heavy atom. The lowest BCUT2D eigenvalue weighted by Gasteiger charge is -2.10. The van der Waals surface area contributed by atoms with E-state index in [0.29, 0.717) is 0 Å². The molecule has 0 saturated carbocycles. The highest BCUT2D eigenvalue weighted by atomic mass is 15.0. The van der Waals surface area contributed by atoms with Crippen LogP contribution in [-0.2, 0) is 6.54 Å². The van der Waals surface area contributed by atoms with Crippen LogP contribution in [0.25, 0.3) is 10.9 Å². The smallest absolute Gasteiger partial charge is 0.137 e. The normalized spacial score (nSPS) is 10.6. The van der Waals surface area contributed by atoms with E-state index in [9.17, 15) is 0 Å². The molecule has 1 heterocycles. The molecule has 0 bridgehead atoms. The summed E-state index contributed by atoms with van der Waals surface area (Å²) in [5, 5.41) is 7.58. The summed E-state index contributed by atoms with van der Waals surface area (Å²) in [6.45, 7) is 2.66. The molecule has 0 atom stereocenters. The summed E-state index contributed by atoms with van der Waals surface area (Å²) in [7, 11) is 1.92. The second-order valence-corrected chi connectivity index (χ2v) is 4.94.